The minimum atomic E-state index is 0.187. The predicted molar refractivity (Wildman–Crippen MR) is 60.7 cm³/mol. The standard InChI is InChI=1S/C11H15N5/c1-8(13)10-3-5-16(7-10)11-9(6-12)2-4-14-15-11/h2,4,8,10H,3,5,7,13H2,1H3. The van der Waals surface area contributed by atoms with E-state index in [-0.39, 0.29) is 6.04 Å². The summed E-state index contributed by atoms with van der Waals surface area (Å²) in [5.41, 5.74) is 6.46. The lowest BCUT2D eigenvalue weighted by atomic mass is 10.0. The number of nitrogens with two attached hydrogens (primary N) is 1. The Morgan fingerprint density at radius 2 is 2.50 bits per heavy atom. The normalized spacial score (nSPS) is 21.8. The molecule has 1 aliphatic heterocycles. The molecule has 2 atom stereocenters. The maximum absolute atomic E-state index is 8.98. The summed E-state index contributed by atoms with van der Waals surface area (Å²) in [6, 6.07) is 4.02. The number of rotatable bonds is 2. The lowest BCUT2D eigenvalue weighted by molar-refractivity contribution is 0.488. The van der Waals surface area contributed by atoms with Crippen molar-refractivity contribution in [3.8, 4) is 6.07 Å². The van der Waals surface area contributed by atoms with Crippen molar-refractivity contribution >= 4 is 5.82 Å². The highest BCUT2D eigenvalue weighted by Crippen LogP contribution is 2.25. The lowest BCUT2D eigenvalue weighted by Crippen LogP contribution is -2.30. The van der Waals surface area contributed by atoms with Crippen molar-refractivity contribution in [2.75, 3.05) is 18.0 Å². The Morgan fingerprint density at radius 1 is 1.69 bits per heavy atom. The maximum Gasteiger partial charge on any atom is 0.169 e. The van der Waals surface area contributed by atoms with Crippen LogP contribution in [0.3, 0.4) is 0 Å². The van der Waals surface area contributed by atoms with E-state index in [2.05, 4.69) is 21.2 Å². The van der Waals surface area contributed by atoms with E-state index in [1.165, 1.54) is 0 Å². The van der Waals surface area contributed by atoms with Crippen molar-refractivity contribution < 1.29 is 0 Å². The smallest absolute Gasteiger partial charge is 0.169 e. The summed E-state index contributed by atoms with van der Waals surface area (Å²) < 4.78 is 0. The predicted octanol–water partition coefficient (Wildman–Crippen LogP) is 0.522. The van der Waals surface area contributed by atoms with Crippen LogP contribution in [0.25, 0.3) is 0 Å². The molecule has 84 valence electrons. The number of hydrogen-bond acceptors (Lipinski definition) is 5. The number of nitriles is 1. The zero-order chi connectivity index (χ0) is 11.5. The third-order valence-electron chi connectivity index (χ3n) is 3.09. The summed E-state index contributed by atoms with van der Waals surface area (Å²) in [6.45, 7) is 3.79. The first-order valence-electron chi connectivity index (χ1n) is 5.44. The molecule has 2 unspecified atom stereocenters. The van der Waals surface area contributed by atoms with Gasteiger partial charge in [-0.3, -0.25) is 0 Å². The van der Waals surface area contributed by atoms with Gasteiger partial charge in [0, 0.05) is 19.1 Å². The second-order valence-electron chi connectivity index (χ2n) is 4.23. The monoisotopic (exact) mass is 217 g/mol. The molecule has 0 aromatic carbocycles. The van der Waals surface area contributed by atoms with E-state index >= 15 is 0 Å². The molecule has 0 amide bonds. The summed E-state index contributed by atoms with van der Waals surface area (Å²) in [5.74, 6) is 1.17. The molecule has 2 rings (SSSR count). The molecule has 5 heteroatoms. The number of anilines is 1. The summed E-state index contributed by atoms with van der Waals surface area (Å²) >= 11 is 0. The Balaban J connectivity index is 2.18. The quantitative estimate of drug-likeness (QED) is 0.781. The second-order valence-corrected chi connectivity index (χ2v) is 4.23. The van der Waals surface area contributed by atoms with Crippen molar-refractivity contribution in [2.45, 2.75) is 19.4 Å². The van der Waals surface area contributed by atoms with Gasteiger partial charge in [-0.25, -0.2) is 0 Å². The van der Waals surface area contributed by atoms with Crippen molar-refractivity contribution in [3.05, 3.63) is 17.8 Å². The van der Waals surface area contributed by atoms with Gasteiger partial charge in [-0.05, 0) is 25.3 Å². The molecule has 0 aliphatic carbocycles. The van der Waals surface area contributed by atoms with Crippen LogP contribution in [-0.2, 0) is 0 Å². The molecule has 0 bridgehead atoms. The molecule has 1 saturated heterocycles. The van der Waals surface area contributed by atoms with Crippen molar-refractivity contribution in [1.29, 1.82) is 5.26 Å². The molecule has 5 nitrogen and oxygen atoms in total. The van der Waals surface area contributed by atoms with Crippen LogP contribution in [0.1, 0.15) is 18.9 Å². The van der Waals surface area contributed by atoms with Crippen LogP contribution < -0.4 is 10.6 Å². The van der Waals surface area contributed by atoms with E-state index in [4.69, 9.17) is 11.0 Å². The molecule has 0 saturated carbocycles. The summed E-state index contributed by atoms with van der Waals surface area (Å²) in [6.07, 6.45) is 2.60. The molecule has 1 aromatic heterocycles. The minimum Gasteiger partial charge on any atom is -0.354 e. The van der Waals surface area contributed by atoms with Gasteiger partial charge < -0.3 is 10.6 Å². The average Bonchev–Trinajstić information content (AvgIpc) is 2.78. The van der Waals surface area contributed by atoms with Gasteiger partial charge in [0.25, 0.3) is 0 Å². The van der Waals surface area contributed by atoms with E-state index in [1.807, 2.05) is 6.92 Å². The van der Waals surface area contributed by atoms with Crippen LogP contribution in [0.5, 0.6) is 0 Å². The first-order chi connectivity index (χ1) is 7.72. The average molecular weight is 217 g/mol. The van der Waals surface area contributed by atoms with Gasteiger partial charge >= 0.3 is 0 Å². The van der Waals surface area contributed by atoms with Crippen LogP contribution >= 0.6 is 0 Å². The molecular formula is C11H15N5. The molecule has 2 N–H and O–H groups in total. The van der Waals surface area contributed by atoms with Crippen LogP contribution in [0, 0.1) is 17.2 Å². The van der Waals surface area contributed by atoms with Crippen molar-refractivity contribution in [1.82, 2.24) is 10.2 Å². The first kappa shape index (κ1) is 10.8. The number of hydrogen-bond donors (Lipinski definition) is 1. The molecule has 16 heavy (non-hydrogen) atoms. The van der Waals surface area contributed by atoms with Gasteiger partial charge in [0.15, 0.2) is 5.82 Å². The topological polar surface area (TPSA) is 78.8 Å². The molecule has 1 aromatic rings. The van der Waals surface area contributed by atoms with Gasteiger partial charge in [0.2, 0.25) is 0 Å². The van der Waals surface area contributed by atoms with E-state index in [0.29, 0.717) is 17.3 Å². The zero-order valence-corrected chi connectivity index (χ0v) is 9.30. The Labute approximate surface area is 94.9 Å². The summed E-state index contributed by atoms with van der Waals surface area (Å²) in [5, 5.41) is 16.9. The fourth-order valence-corrected chi connectivity index (χ4v) is 2.05. The molecule has 1 fully saturated rings. The number of nitrogens with zero attached hydrogens (tertiary/aromatic N) is 4. The van der Waals surface area contributed by atoms with E-state index in [1.54, 1.807) is 12.3 Å². The Hall–Kier alpha value is -1.67. The molecule has 0 radical (unpaired) electrons. The Bertz CT molecular complexity index is 409. The summed E-state index contributed by atoms with van der Waals surface area (Å²) in [4.78, 5) is 2.10. The first-order valence-corrected chi connectivity index (χ1v) is 5.44. The molecular weight excluding hydrogens is 202 g/mol. The third kappa shape index (κ3) is 1.97. The van der Waals surface area contributed by atoms with E-state index < -0.39 is 0 Å². The highest BCUT2D eigenvalue weighted by Gasteiger charge is 2.27. The van der Waals surface area contributed by atoms with Crippen LogP contribution in [0.4, 0.5) is 5.82 Å². The third-order valence-corrected chi connectivity index (χ3v) is 3.09. The second kappa shape index (κ2) is 4.45. The van der Waals surface area contributed by atoms with Crippen molar-refractivity contribution in [3.63, 3.8) is 0 Å². The lowest BCUT2D eigenvalue weighted by Gasteiger charge is -2.18. The van der Waals surface area contributed by atoms with Crippen LogP contribution in [0.15, 0.2) is 12.3 Å². The van der Waals surface area contributed by atoms with Gasteiger partial charge in [-0.1, -0.05) is 0 Å². The van der Waals surface area contributed by atoms with Crippen molar-refractivity contribution in [2.24, 2.45) is 11.7 Å². The van der Waals surface area contributed by atoms with Gasteiger partial charge in [-0.15, -0.1) is 5.10 Å². The van der Waals surface area contributed by atoms with E-state index in [0.717, 1.165) is 19.5 Å². The number of aromatic nitrogens is 2. The minimum absolute atomic E-state index is 0.187. The van der Waals surface area contributed by atoms with Crippen LogP contribution in [0.2, 0.25) is 0 Å². The van der Waals surface area contributed by atoms with Gasteiger partial charge in [0.05, 0.1) is 11.8 Å². The van der Waals surface area contributed by atoms with Gasteiger partial charge in [0.1, 0.15) is 6.07 Å². The fourth-order valence-electron chi connectivity index (χ4n) is 2.05. The highest BCUT2D eigenvalue weighted by atomic mass is 15.3. The zero-order valence-electron chi connectivity index (χ0n) is 9.30. The van der Waals surface area contributed by atoms with Gasteiger partial charge in [-0.2, -0.15) is 10.4 Å². The fraction of sp³-hybridized carbons (Fsp3) is 0.545. The Morgan fingerprint density at radius 3 is 3.12 bits per heavy atom. The largest absolute Gasteiger partial charge is 0.354 e. The maximum atomic E-state index is 8.98. The molecule has 2 heterocycles. The van der Waals surface area contributed by atoms with Crippen LogP contribution in [-0.4, -0.2) is 29.3 Å². The highest BCUT2D eigenvalue weighted by molar-refractivity contribution is 5.53. The molecule has 0 spiro atoms. The Kier molecular flexibility index (Phi) is 3.02. The SMILES string of the molecule is CC(N)C1CCN(c2nnccc2C#N)C1. The van der Waals surface area contributed by atoms with E-state index in [9.17, 15) is 0 Å². The summed E-state index contributed by atoms with van der Waals surface area (Å²) in [7, 11) is 0. The molecule has 1 aliphatic rings.